The molecule has 1 amide bonds. The lowest BCUT2D eigenvalue weighted by molar-refractivity contribution is -0.111. The Labute approximate surface area is 130 Å². The van der Waals surface area contributed by atoms with Crippen molar-refractivity contribution in [3.05, 3.63) is 23.3 Å². The SMILES string of the molecule is COc1cc(C)c(NC(=O)C(=S)N2CCOCC2)cc1C. The molecule has 1 aromatic carbocycles. The van der Waals surface area contributed by atoms with Crippen molar-refractivity contribution < 1.29 is 14.3 Å². The minimum absolute atomic E-state index is 0.250. The van der Waals surface area contributed by atoms with Gasteiger partial charge in [0.1, 0.15) is 5.75 Å². The van der Waals surface area contributed by atoms with Gasteiger partial charge in [0.05, 0.1) is 20.3 Å². The molecule has 0 atom stereocenters. The molecule has 1 aliphatic heterocycles. The molecule has 21 heavy (non-hydrogen) atoms. The lowest BCUT2D eigenvalue weighted by Gasteiger charge is -2.28. The number of nitrogens with zero attached hydrogens (tertiary/aromatic N) is 1. The van der Waals surface area contributed by atoms with E-state index in [0.29, 0.717) is 31.3 Å². The minimum Gasteiger partial charge on any atom is -0.496 e. The third kappa shape index (κ3) is 3.71. The number of anilines is 1. The molecule has 2 rings (SSSR count). The Balaban J connectivity index is 2.08. The summed E-state index contributed by atoms with van der Waals surface area (Å²) in [5.41, 5.74) is 2.67. The van der Waals surface area contributed by atoms with E-state index in [-0.39, 0.29) is 5.91 Å². The molecule has 0 spiro atoms. The van der Waals surface area contributed by atoms with Crippen LogP contribution in [0.15, 0.2) is 12.1 Å². The third-order valence-electron chi connectivity index (χ3n) is 3.48. The van der Waals surface area contributed by atoms with Gasteiger partial charge >= 0.3 is 0 Å². The summed E-state index contributed by atoms with van der Waals surface area (Å²) < 4.78 is 10.5. The van der Waals surface area contributed by atoms with Crippen molar-refractivity contribution in [2.75, 3.05) is 38.7 Å². The van der Waals surface area contributed by atoms with Crippen LogP contribution in [-0.2, 0) is 9.53 Å². The predicted octanol–water partition coefficient (Wildman–Crippen LogP) is 1.91. The highest BCUT2D eigenvalue weighted by Crippen LogP contribution is 2.26. The fourth-order valence-corrected chi connectivity index (χ4v) is 2.46. The van der Waals surface area contributed by atoms with Gasteiger partial charge in [-0.25, -0.2) is 0 Å². The lowest BCUT2D eigenvalue weighted by atomic mass is 10.1. The second-order valence-electron chi connectivity index (χ2n) is 5.00. The van der Waals surface area contributed by atoms with E-state index in [1.54, 1.807) is 7.11 Å². The predicted molar refractivity (Wildman–Crippen MR) is 86.1 cm³/mol. The molecule has 6 heteroatoms. The number of hydrogen-bond donors (Lipinski definition) is 1. The molecule has 1 aliphatic rings. The number of ether oxygens (including phenoxy) is 2. The topological polar surface area (TPSA) is 50.8 Å². The fourth-order valence-electron chi connectivity index (χ4n) is 2.23. The second-order valence-corrected chi connectivity index (χ2v) is 5.38. The number of carbonyl (C=O) groups excluding carboxylic acids is 1. The standard InChI is InChI=1S/C15H20N2O3S/c1-10-9-13(19-3)11(2)8-12(10)16-14(18)15(21)17-4-6-20-7-5-17/h8-9H,4-7H2,1-3H3,(H,16,18). The fraction of sp³-hybridized carbons (Fsp3) is 0.467. The van der Waals surface area contributed by atoms with Gasteiger partial charge in [-0.2, -0.15) is 0 Å². The summed E-state index contributed by atoms with van der Waals surface area (Å²) >= 11 is 5.25. The Morgan fingerprint density at radius 3 is 2.57 bits per heavy atom. The van der Waals surface area contributed by atoms with Crippen molar-refractivity contribution in [1.29, 1.82) is 0 Å². The average Bonchev–Trinajstić information content (AvgIpc) is 2.50. The molecule has 0 saturated carbocycles. The van der Waals surface area contributed by atoms with E-state index in [0.717, 1.165) is 22.6 Å². The van der Waals surface area contributed by atoms with E-state index in [9.17, 15) is 4.79 Å². The van der Waals surface area contributed by atoms with E-state index in [4.69, 9.17) is 21.7 Å². The molecular formula is C15H20N2O3S. The van der Waals surface area contributed by atoms with Crippen molar-refractivity contribution in [2.24, 2.45) is 0 Å². The number of rotatable bonds is 2. The molecule has 1 aromatic rings. The number of methoxy groups -OCH3 is 1. The van der Waals surface area contributed by atoms with Gasteiger partial charge in [-0.1, -0.05) is 12.2 Å². The minimum atomic E-state index is -0.250. The Morgan fingerprint density at radius 2 is 1.95 bits per heavy atom. The summed E-state index contributed by atoms with van der Waals surface area (Å²) in [6.07, 6.45) is 0. The van der Waals surface area contributed by atoms with Crippen molar-refractivity contribution in [1.82, 2.24) is 4.90 Å². The van der Waals surface area contributed by atoms with Gasteiger partial charge in [0.15, 0.2) is 4.99 Å². The molecule has 1 fully saturated rings. The number of aryl methyl sites for hydroxylation is 2. The summed E-state index contributed by atoms with van der Waals surface area (Å²) in [4.78, 5) is 14.4. The Bertz CT molecular complexity index is 554. The number of morpholine rings is 1. The first-order chi connectivity index (χ1) is 10.0. The molecule has 1 saturated heterocycles. The van der Waals surface area contributed by atoms with Crippen LogP contribution in [-0.4, -0.2) is 49.2 Å². The van der Waals surface area contributed by atoms with Crippen molar-refractivity contribution in [3.63, 3.8) is 0 Å². The highest BCUT2D eigenvalue weighted by molar-refractivity contribution is 7.82. The summed E-state index contributed by atoms with van der Waals surface area (Å²) in [6.45, 7) is 6.39. The van der Waals surface area contributed by atoms with Crippen LogP contribution in [0.2, 0.25) is 0 Å². The van der Waals surface area contributed by atoms with Crippen molar-refractivity contribution >= 4 is 28.8 Å². The number of benzene rings is 1. The van der Waals surface area contributed by atoms with Gasteiger partial charge in [-0.05, 0) is 37.1 Å². The van der Waals surface area contributed by atoms with Crippen LogP contribution in [0, 0.1) is 13.8 Å². The highest BCUT2D eigenvalue weighted by atomic mass is 32.1. The zero-order valence-electron chi connectivity index (χ0n) is 12.6. The lowest BCUT2D eigenvalue weighted by Crippen LogP contribution is -2.44. The van der Waals surface area contributed by atoms with Crippen molar-refractivity contribution in [3.8, 4) is 5.75 Å². The van der Waals surface area contributed by atoms with Crippen LogP contribution >= 0.6 is 12.2 Å². The van der Waals surface area contributed by atoms with Gasteiger partial charge in [0, 0.05) is 18.8 Å². The monoisotopic (exact) mass is 308 g/mol. The number of carbonyl (C=O) groups is 1. The number of amides is 1. The molecule has 0 aromatic heterocycles. The zero-order chi connectivity index (χ0) is 15.4. The molecule has 0 radical (unpaired) electrons. The summed E-state index contributed by atoms with van der Waals surface area (Å²) in [5.74, 6) is 0.556. The molecule has 1 N–H and O–H groups in total. The quantitative estimate of drug-likeness (QED) is 0.846. The van der Waals surface area contributed by atoms with Crippen LogP contribution in [0.1, 0.15) is 11.1 Å². The van der Waals surface area contributed by atoms with Gasteiger partial charge < -0.3 is 19.7 Å². The molecule has 0 aliphatic carbocycles. The normalized spacial score (nSPS) is 14.7. The Hall–Kier alpha value is -1.66. The van der Waals surface area contributed by atoms with Crippen molar-refractivity contribution in [2.45, 2.75) is 13.8 Å². The molecule has 5 nitrogen and oxygen atoms in total. The Kier molecular flexibility index (Phi) is 5.14. The van der Waals surface area contributed by atoms with E-state index < -0.39 is 0 Å². The van der Waals surface area contributed by atoms with E-state index >= 15 is 0 Å². The van der Waals surface area contributed by atoms with E-state index in [2.05, 4.69) is 5.32 Å². The van der Waals surface area contributed by atoms with E-state index in [1.165, 1.54) is 0 Å². The number of nitrogens with one attached hydrogen (secondary N) is 1. The van der Waals surface area contributed by atoms with Gasteiger partial charge in [-0.15, -0.1) is 0 Å². The first kappa shape index (κ1) is 15.7. The number of thiocarbonyl (C=S) groups is 1. The Morgan fingerprint density at radius 1 is 1.29 bits per heavy atom. The van der Waals surface area contributed by atoms with Crippen LogP contribution in [0.4, 0.5) is 5.69 Å². The van der Waals surface area contributed by atoms with Crippen LogP contribution < -0.4 is 10.1 Å². The maximum absolute atomic E-state index is 12.3. The van der Waals surface area contributed by atoms with Crippen LogP contribution in [0.3, 0.4) is 0 Å². The number of hydrogen-bond acceptors (Lipinski definition) is 4. The maximum atomic E-state index is 12.3. The third-order valence-corrected chi connectivity index (χ3v) is 3.93. The average molecular weight is 308 g/mol. The molecule has 0 bridgehead atoms. The van der Waals surface area contributed by atoms with Gasteiger partial charge in [0.2, 0.25) is 0 Å². The van der Waals surface area contributed by atoms with E-state index in [1.807, 2.05) is 30.9 Å². The molecule has 114 valence electrons. The summed E-state index contributed by atoms with van der Waals surface area (Å²) in [5, 5.41) is 2.88. The van der Waals surface area contributed by atoms with Crippen LogP contribution in [0.5, 0.6) is 5.75 Å². The van der Waals surface area contributed by atoms with Gasteiger partial charge in [-0.3, -0.25) is 4.79 Å². The largest absolute Gasteiger partial charge is 0.496 e. The summed E-state index contributed by atoms with van der Waals surface area (Å²) in [7, 11) is 1.63. The smallest absolute Gasteiger partial charge is 0.283 e. The second kappa shape index (κ2) is 6.87. The molecular weight excluding hydrogens is 288 g/mol. The highest BCUT2D eigenvalue weighted by Gasteiger charge is 2.20. The van der Waals surface area contributed by atoms with Crippen LogP contribution in [0.25, 0.3) is 0 Å². The van der Waals surface area contributed by atoms with Gasteiger partial charge in [0.25, 0.3) is 5.91 Å². The first-order valence-electron chi connectivity index (χ1n) is 6.86. The molecule has 0 unspecified atom stereocenters. The zero-order valence-corrected chi connectivity index (χ0v) is 13.4. The summed E-state index contributed by atoms with van der Waals surface area (Å²) in [6, 6.07) is 3.80. The first-order valence-corrected chi connectivity index (χ1v) is 7.27. The molecule has 1 heterocycles. The maximum Gasteiger partial charge on any atom is 0.283 e.